The number of methoxy groups -OCH3 is 1. The van der Waals surface area contributed by atoms with Crippen LogP contribution in [0.15, 0.2) is 42.9 Å². The fourth-order valence-electron chi connectivity index (χ4n) is 2.95. The maximum atomic E-state index is 13.3. The molecule has 5 nitrogen and oxygen atoms in total. The first-order valence-electron chi connectivity index (χ1n) is 7.96. The Hall–Kier alpha value is -2.76. The van der Waals surface area contributed by atoms with Crippen molar-refractivity contribution in [1.82, 2.24) is 19.5 Å². The van der Waals surface area contributed by atoms with Crippen molar-refractivity contribution in [3.05, 3.63) is 48.7 Å². The molecule has 0 spiro atoms. The van der Waals surface area contributed by atoms with Crippen LogP contribution in [0.1, 0.15) is 25.3 Å². The Morgan fingerprint density at radius 1 is 1.12 bits per heavy atom. The number of hydrogen-bond donors (Lipinski definition) is 0. The number of nitrogens with zero attached hydrogens (tertiary/aromatic N) is 4. The van der Waals surface area contributed by atoms with E-state index in [4.69, 9.17) is 4.74 Å². The highest BCUT2D eigenvalue weighted by Gasteiger charge is 2.26. The number of halogens is 1. The third-order valence-electron chi connectivity index (χ3n) is 4.44. The van der Waals surface area contributed by atoms with Gasteiger partial charge in [-0.1, -0.05) is 0 Å². The van der Waals surface area contributed by atoms with Gasteiger partial charge in [-0.05, 0) is 49.6 Å². The van der Waals surface area contributed by atoms with Gasteiger partial charge < -0.3 is 9.30 Å². The lowest BCUT2D eigenvalue weighted by Gasteiger charge is -2.28. The van der Waals surface area contributed by atoms with E-state index < -0.39 is 0 Å². The maximum Gasteiger partial charge on any atom is 0.316 e. The lowest BCUT2D eigenvalue weighted by Crippen LogP contribution is -2.17. The van der Waals surface area contributed by atoms with Gasteiger partial charge in [0.05, 0.1) is 30.5 Å². The van der Waals surface area contributed by atoms with Crippen molar-refractivity contribution in [2.45, 2.75) is 25.3 Å². The molecular formula is C18H17FN4O. The first kappa shape index (κ1) is 14.8. The van der Waals surface area contributed by atoms with E-state index in [-0.39, 0.29) is 5.82 Å². The molecule has 1 fully saturated rings. The molecule has 6 heteroatoms. The molecule has 1 aliphatic rings. The molecule has 0 atom stereocenters. The van der Waals surface area contributed by atoms with Crippen LogP contribution in [-0.4, -0.2) is 26.6 Å². The Labute approximate surface area is 139 Å². The molecule has 1 aliphatic carbocycles. The van der Waals surface area contributed by atoms with Crippen LogP contribution >= 0.6 is 0 Å². The third-order valence-corrected chi connectivity index (χ3v) is 4.44. The fraction of sp³-hybridized carbons (Fsp3) is 0.278. The van der Waals surface area contributed by atoms with Crippen LogP contribution in [0.2, 0.25) is 0 Å². The maximum absolute atomic E-state index is 13.3. The summed E-state index contributed by atoms with van der Waals surface area (Å²) in [6.45, 7) is 0. The van der Waals surface area contributed by atoms with Gasteiger partial charge in [-0.2, -0.15) is 4.98 Å². The standard InChI is InChI=1S/C18H17FN4O/c1-24-18-20-10-9-15(22-18)17-16(12-5-7-13(19)8-6-12)21-11-23(17)14-3-2-4-14/h5-11,14H,2-4H2,1H3. The summed E-state index contributed by atoms with van der Waals surface area (Å²) in [4.78, 5) is 13.1. The molecular weight excluding hydrogens is 307 g/mol. The summed E-state index contributed by atoms with van der Waals surface area (Å²) in [6.07, 6.45) is 7.02. The Bertz CT molecular complexity index is 856. The Morgan fingerprint density at radius 2 is 1.92 bits per heavy atom. The molecule has 3 aromatic rings. The summed E-state index contributed by atoms with van der Waals surface area (Å²) in [6, 6.07) is 8.97. The van der Waals surface area contributed by atoms with E-state index in [1.807, 2.05) is 12.4 Å². The fourth-order valence-corrected chi connectivity index (χ4v) is 2.95. The van der Waals surface area contributed by atoms with Crippen molar-refractivity contribution >= 4 is 0 Å². The van der Waals surface area contributed by atoms with Crippen LogP contribution in [0, 0.1) is 5.82 Å². The van der Waals surface area contributed by atoms with Crippen LogP contribution in [0.3, 0.4) is 0 Å². The van der Waals surface area contributed by atoms with Gasteiger partial charge in [-0.15, -0.1) is 0 Å². The molecule has 0 bridgehead atoms. The zero-order valence-corrected chi connectivity index (χ0v) is 13.3. The average Bonchev–Trinajstić information content (AvgIpc) is 2.98. The van der Waals surface area contributed by atoms with Gasteiger partial charge in [0.25, 0.3) is 0 Å². The topological polar surface area (TPSA) is 52.8 Å². The van der Waals surface area contributed by atoms with Gasteiger partial charge in [0.15, 0.2) is 0 Å². The number of hydrogen-bond acceptors (Lipinski definition) is 4. The highest BCUT2D eigenvalue weighted by Crippen LogP contribution is 2.39. The molecule has 2 aromatic heterocycles. The molecule has 2 heterocycles. The third kappa shape index (κ3) is 2.54. The first-order chi connectivity index (χ1) is 11.8. The Balaban J connectivity index is 1.87. The van der Waals surface area contributed by atoms with E-state index in [0.29, 0.717) is 12.1 Å². The summed E-state index contributed by atoms with van der Waals surface area (Å²) >= 11 is 0. The second-order valence-corrected chi connectivity index (χ2v) is 5.87. The van der Waals surface area contributed by atoms with Gasteiger partial charge in [-0.25, -0.2) is 14.4 Å². The van der Waals surface area contributed by atoms with E-state index >= 15 is 0 Å². The summed E-state index contributed by atoms with van der Waals surface area (Å²) < 4.78 is 20.6. The molecule has 4 rings (SSSR count). The molecule has 0 amide bonds. The average molecular weight is 324 g/mol. The predicted molar refractivity (Wildman–Crippen MR) is 88.1 cm³/mol. The molecule has 0 aliphatic heterocycles. The summed E-state index contributed by atoms with van der Waals surface area (Å²) in [5, 5.41) is 0. The van der Waals surface area contributed by atoms with Crippen LogP contribution in [-0.2, 0) is 0 Å². The smallest absolute Gasteiger partial charge is 0.316 e. The Kier molecular flexibility index (Phi) is 3.72. The molecule has 0 unspecified atom stereocenters. The summed E-state index contributed by atoms with van der Waals surface area (Å²) in [5.74, 6) is -0.262. The van der Waals surface area contributed by atoms with Gasteiger partial charge >= 0.3 is 6.01 Å². The zero-order chi connectivity index (χ0) is 16.5. The minimum atomic E-state index is -0.262. The van der Waals surface area contributed by atoms with Crippen LogP contribution in [0.5, 0.6) is 6.01 Å². The molecule has 0 N–H and O–H groups in total. The first-order valence-corrected chi connectivity index (χ1v) is 7.96. The van der Waals surface area contributed by atoms with Crippen molar-refractivity contribution in [3.63, 3.8) is 0 Å². The summed E-state index contributed by atoms with van der Waals surface area (Å²) in [5.41, 5.74) is 3.34. The number of rotatable bonds is 4. The van der Waals surface area contributed by atoms with Crippen molar-refractivity contribution in [2.24, 2.45) is 0 Å². The molecule has 0 saturated heterocycles. The van der Waals surface area contributed by atoms with Crippen molar-refractivity contribution in [3.8, 4) is 28.7 Å². The van der Waals surface area contributed by atoms with E-state index in [1.54, 1.807) is 25.4 Å². The molecule has 24 heavy (non-hydrogen) atoms. The predicted octanol–water partition coefficient (Wildman–Crippen LogP) is 3.88. The largest absolute Gasteiger partial charge is 0.467 e. The highest BCUT2D eigenvalue weighted by molar-refractivity contribution is 5.77. The highest BCUT2D eigenvalue weighted by atomic mass is 19.1. The molecule has 1 saturated carbocycles. The van der Waals surface area contributed by atoms with Gasteiger partial charge in [0.2, 0.25) is 0 Å². The second-order valence-electron chi connectivity index (χ2n) is 5.87. The normalized spacial score (nSPS) is 14.4. The van der Waals surface area contributed by atoms with Crippen molar-refractivity contribution < 1.29 is 9.13 Å². The van der Waals surface area contributed by atoms with Gasteiger partial charge in [-0.3, -0.25) is 0 Å². The lowest BCUT2D eigenvalue weighted by atomic mass is 9.92. The lowest BCUT2D eigenvalue weighted by molar-refractivity contribution is 0.315. The number of aromatic nitrogens is 4. The minimum Gasteiger partial charge on any atom is -0.467 e. The minimum absolute atomic E-state index is 0.262. The molecule has 0 radical (unpaired) electrons. The van der Waals surface area contributed by atoms with E-state index in [9.17, 15) is 4.39 Å². The van der Waals surface area contributed by atoms with Gasteiger partial charge in [0, 0.05) is 17.8 Å². The van der Waals surface area contributed by atoms with Crippen LogP contribution in [0.25, 0.3) is 22.6 Å². The van der Waals surface area contributed by atoms with Crippen LogP contribution in [0.4, 0.5) is 4.39 Å². The van der Waals surface area contributed by atoms with E-state index in [2.05, 4.69) is 19.5 Å². The second kappa shape index (κ2) is 6.03. The molecule has 122 valence electrons. The monoisotopic (exact) mass is 324 g/mol. The van der Waals surface area contributed by atoms with Crippen molar-refractivity contribution in [1.29, 1.82) is 0 Å². The number of benzene rings is 1. The van der Waals surface area contributed by atoms with Crippen molar-refractivity contribution in [2.75, 3.05) is 7.11 Å². The quantitative estimate of drug-likeness (QED) is 0.731. The van der Waals surface area contributed by atoms with Crippen LogP contribution < -0.4 is 4.74 Å². The Morgan fingerprint density at radius 3 is 2.58 bits per heavy atom. The number of ether oxygens (including phenoxy) is 1. The van der Waals surface area contributed by atoms with Gasteiger partial charge in [0.1, 0.15) is 5.82 Å². The number of imidazole rings is 1. The summed E-state index contributed by atoms with van der Waals surface area (Å²) in [7, 11) is 1.54. The molecule has 1 aromatic carbocycles. The SMILES string of the molecule is COc1nccc(-c2c(-c3ccc(F)cc3)ncn2C2CCC2)n1. The van der Waals surface area contributed by atoms with E-state index in [0.717, 1.165) is 35.5 Å². The van der Waals surface area contributed by atoms with E-state index in [1.165, 1.54) is 18.6 Å². The zero-order valence-electron chi connectivity index (χ0n) is 13.3.